The fourth-order valence-electron chi connectivity index (χ4n) is 2.39. The summed E-state index contributed by atoms with van der Waals surface area (Å²) in [4.78, 5) is 11.9. The zero-order chi connectivity index (χ0) is 16.8. The maximum atomic E-state index is 11.9. The zero-order valence-electron chi connectivity index (χ0n) is 13.5. The van der Waals surface area contributed by atoms with Crippen molar-refractivity contribution in [2.24, 2.45) is 0 Å². The number of carbonyl (C=O) groups excluding carboxylic acids is 1. The predicted octanol–water partition coefficient (Wildman–Crippen LogP) is 3.18. The van der Waals surface area contributed by atoms with E-state index in [2.05, 4.69) is 10.6 Å². The van der Waals surface area contributed by atoms with Gasteiger partial charge >= 0.3 is 6.03 Å². The maximum absolute atomic E-state index is 11.9. The van der Waals surface area contributed by atoms with E-state index in [0.29, 0.717) is 19.6 Å². The number of nitrogens with one attached hydrogen (secondary N) is 2. The van der Waals surface area contributed by atoms with Gasteiger partial charge in [-0.2, -0.15) is 0 Å². The first-order valence-corrected chi connectivity index (χ1v) is 7.91. The highest BCUT2D eigenvalue weighted by Crippen LogP contribution is 2.32. The van der Waals surface area contributed by atoms with Crippen molar-refractivity contribution in [3.63, 3.8) is 0 Å². The van der Waals surface area contributed by atoms with Gasteiger partial charge in [-0.1, -0.05) is 6.07 Å². The fraction of sp³-hybridized carbons (Fsp3) is 0.278. The molecule has 0 saturated heterocycles. The van der Waals surface area contributed by atoms with Crippen LogP contribution >= 0.6 is 0 Å². The summed E-state index contributed by atoms with van der Waals surface area (Å²) in [5.74, 6) is 2.30. The van der Waals surface area contributed by atoms with Crippen molar-refractivity contribution >= 4 is 11.7 Å². The molecule has 1 aliphatic rings. The Kier molecular flexibility index (Phi) is 5.05. The lowest BCUT2D eigenvalue weighted by atomic mass is 10.1. The fourth-order valence-corrected chi connectivity index (χ4v) is 2.39. The van der Waals surface area contributed by atoms with E-state index in [0.717, 1.165) is 28.5 Å². The zero-order valence-corrected chi connectivity index (χ0v) is 13.5. The van der Waals surface area contributed by atoms with Crippen molar-refractivity contribution in [1.29, 1.82) is 0 Å². The van der Waals surface area contributed by atoms with Crippen LogP contribution in [0.1, 0.15) is 12.5 Å². The molecule has 0 aliphatic carbocycles. The third kappa shape index (κ3) is 4.10. The molecule has 0 bridgehead atoms. The first-order valence-electron chi connectivity index (χ1n) is 7.91. The van der Waals surface area contributed by atoms with Crippen LogP contribution in [0, 0.1) is 0 Å². The number of urea groups is 1. The van der Waals surface area contributed by atoms with Crippen LogP contribution in [0.3, 0.4) is 0 Å². The van der Waals surface area contributed by atoms with Crippen molar-refractivity contribution in [2.45, 2.75) is 13.3 Å². The van der Waals surface area contributed by atoms with Crippen LogP contribution < -0.4 is 24.8 Å². The van der Waals surface area contributed by atoms with Crippen molar-refractivity contribution in [3.8, 4) is 17.2 Å². The number of carbonyl (C=O) groups is 1. The first-order chi connectivity index (χ1) is 11.7. The van der Waals surface area contributed by atoms with Gasteiger partial charge in [0.2, 0.25) is 6.79 Å². The van der Waals surface area contributed by atoms with Crippen molar-refractivity contribution in [3.05, 3.63) is 48.0 Å². The number of hydrogen-bond donors (Lipinski definition) is 2. The Morgan fingerprint density at radius 3 is 2.71 bits per heavy atom. The highest BCUT2D eigenvalue weighted by Gasteiger charge is 2.13. The number of hydrogen-bond acceptors (Lipinski definition) is 4. The second-order valence-electron chi connectivity index (χ2n) is 5.28. The molecular formula is C18H20N2O4. The van der Waals surface area contributed by atoms with Gasteiger partial charge in [0, 0.05) is 12.2 Å². The Balaban J connectivity index is 1.44. The highest BCUT2D eigenvalue weighted by molar-refractivity contribution is 5.89. The van der Waals surface area contributed by atoms with Crippen LogP contribution in [0.15, 0.2) is 42.5 Å². The molecule has 1 heterocycles. The smallest absolute Gasteiger partial charge is 0.319 e. The van der Waals surface area contributed by atoms with E-state index < -0.39 is 0 Å². The number of anilines is 1. The third-order valence-electron chi connectivity index (χ3n) is 3.56. The number of rotatable bonds is 6. The van der Waals surface area contributed by atoms with Gasteiger partial charge in [-0.25, -0.2) is 4.79 Å². The lowest BCUT2D eigenvalue weighted by Gasteiger charge is -2.09. The van der Waals surface area contributed by atoms with E-state index >= 15 is 0 Å². The van der Waals surface area contributed by atoms with E-state index in [9.17, 15) is 4.79 Å². The van der Waals surface area contributed by atoms with E-state index in [1.165, 1.54) is 0 Å². The summed E-state index contributed by atoms with van der Waals surface area (Å²) in [5.41, 5.74) is 1.81. The number of ether oxygens (including phenoxy) is 3. The third-order valence-corrected chi connectivity index (χ3v) is 3.56. The number of fused-ring (bicyclic) bond motifs is 1. The molecule has 2 amide bonds. The summed E-state index contributed by atoms with van der Waals surface area (Å²) >= 11 is 0. The molecule has 2 N–H and O–H groups in total. The van der Waals surface area contributed by atoms with Gasteiger partial charge in [0.25, 0.3) is 0 Å². The minimum Gasteiger partial charge on any atom is -0.494 e. The number of benzene rings is 2. The molecule has 1 aliphatic heterocycles. The molecule has 6 heteroatoms. The lowest BCUT2D eigenvalue weighted by molar-refractivity contribution is 0.174. The Labute approximate surface area is 140 Å². The average molecular weight is 328 g/mol. The van der Waals surface area contributed by atoms with Crippen LogP contribution in [-0.2, 0) is 6.42 Å². The van der Waals surface area contributed by atoms with Crippen LogP contribution in [0.5, 0.6) is 17.2 Å². The molecule has 24 heavy (non-hydrogen) atoms. The molecular weight excluding hydrogens is 308 g/mol. The van der Waals surface area contributed by atoms with Gasteiger partial charge in [0.1, 0.15) is 5.75 Å². The second-order valence-corrected chi connectivity index (χ2v) is 5.28. The molecule has 0 spiro atoms. The highest BCUT2D eigenvalue weighted by atomic mass is 16.7. The molecule has 2 aromatic carbocycles. The van der Waals surface area contributed by atoms with Gasteiger partial charge in [0.15, 0.2) is 11.5 Å². The summed E-state index contributed by atoms with van der Waals surface area (Å²) in [6.45, 7) is 3.34. The molecule has 0 radical (unpaired) electrons. The molecule has 2 aromatic rings. The molecule has 6 nitrogen and oxygen atoms in total. The van der Waals surface area contributed by atoms with Gasteiger partial charge in [-0.05, 0) is 55.3 Å². The summed E-state index contributed by atoms with van der Waals surface area (Å²) in [7, 11) is 0. The quantitative estimate of drug-likeness (QED) is 0.854. The van der Waals surface area contributed by atoms with Crippen molar-refractivity contribution in [2.75, 3.05) is 25.3 Å². The molecule has 0 unspecified atom stereocenters. The summed E-state index contributed by atoms with van der Waals surface area (Å²) in [6.07, 6.45) is 0.716. The lowest BCUT2D eigenvalue weighted by Crippen LogP contribution is -2.30. The van der Waals surface area contributed by atoms with Gasteiger partial charge < -0.3 is 24.8 Å². The van der Waals surface area contributed by atoms with Gasteiger partial charge in [-0.15, -0.1) is 0 Å². The molecule has 126 valence electrons. The van der Waals surface area contributed by atoms with Gasteiger partial charge in [0.05, 0.1) is 6.61 Å². The Morgan fingerprint density at radius 2 is 1.92 bits per heavy atom. The monoisotopic (exact) mass is 328 g/mol. The maximum Gasteiger partial charge on any atom is 0.319 e. The van der Waals surface area contributed by atoms with Crippen LogP contribution in [-0.4, -0.2) is 26.0 Å². The minimum absolute atomic E-state index is 0.236. The molecule has 3 rings (SSSR count). The Bertz CT molecular complexity index is 701. The average Bonchev–Trinajstić information content (AvgIpc) is 3.05. The predicted molar refractivity (Wildman–Crippen MR) is 90.9 cm³/mol. The molecule has 0 aromatic heterocycles. The van der Waals surface area contributed by atoms with Crippen molar-refractivity contribution in [1.82, 2.24) is 5.32 Å². The standard InChI is InChI=1S/C18H20N2O4/c1-2-22-15-6-4-14(5-7-15)20-18(21)19-10-9-13-3-8-16-17(11-13)24-12-23-16/h3-8,11H,2,9-10,12H2,1H3,(H2,19,20,21). The van der Waals surface area contributed by atoms with Crippen LogP contribution in [0.25, 0.3) is 0 Å². The molecule has 0 fully saturated rings. The van der Waals surface area contributed by atoms with Gasteiger partial charge in [-0.3, -0.25) is 0 Å². The van der Waals surface area contributed by atoms with E-state index in [1.54, 1.807) is 0 Å². The normalized spacial score (nSPS) is 11.9. The minimum atomic E-state index is -0.236. The SMILES string of the molecule is CCOc1ccc(NC(=O)NCCc2ccc3c(c2)OCO3)cc1. The largest absolute Gasteiger partial charge is 0.494 e. The molecule has 0 atom stereocenters. The Hall–Kier alpha value is -2.89. The van der Waals surface area contributed by atoms with Crippen LogP contribution in [0.4, 0.5) is 10.5 Å². The number of amides is 2. The van der Waals surface area contributed by atoms with Crippen molar-refractivity contribution < 1.29 is 19.0 Å². The second kappa shape index (κ2) is 7.59. The van der Waals surface area contributed by atoms with Crippen LogP contribution in [0.2, 0.25) is 0 Å². The summed E-state index contributed by atoms with van der Waals surface area (Å²) in [5, 5.41) is 5.62. The molecule has 0 saturated carbocycles. The first kappa shape index (κ1) is 16.0. The Morgan fingerprint density at radius 1 is 1.12 bits per heavy atom. The van der Waals surface area contributed by atoms with E-state index in [4.69, 9.17) is 14.2 Å². The van der Waals surface area contributed by atoms with E-state index in [1.807, 2.05) is 49.4 Å². The summed E-state index contributed by atoms with van der Waals surface area (Å²) in [6, 6.07) is 12.8. The summed E-state index contributed by atoms with van der Waals surface area (Å²) < 4.78 is 16.0. The van der Waals surface area contributed by atoms with E-state index in [-0.39, 0.29) is 12.8 Å². The topological polar surface area (TPSA) is 68.8 Å².